The van der Waals surface area contributed by atoms with Gasteiger partial charge in [-0.2, -0.15) is 0 Å². The third-order valence-electron chi connectivity index (χ3n) is 2.92. The fourth-order valence-electron chi connectivity index (χ4n) is 1.98. The van der Waals surface area contributed by atoms with Gasteiger partial charge in [-0.25, -0.2) is 4.39 Å². The van der Waals surface area contributed by atoms with E-state index in [-0.39, 0.29) is 11.9 Å². The first-order valence-electron chi connectivity index (χ1n) is 5.27. The van der Waals surface area contributed by atoms with Gasteiger partial charge in [0.05, 0.1) is 19.3 Å². The Balaban J connectivity index is 2.31. The molecule has 2 rings (SSSR count). The number of hydrogen-bond donors (Lipinski definition) is 1. The van der Waals surface area contributed by atoms with Gasteiger partial charge in [-0.3, -0.25) is 0 Å². The van der Waals surface area contributed by atoms with Gasteiger partial charge in [0.25, 0.3) is 0 Å². The molecule has 1 aliphatic rings. The summed E-state index contributed by atoms with van der Waals surface area (Å²) in [5.74, 6) is -0.0973. The highest BCUT2D eigenvalue weighted by Crippen LogP contribution is 2.23. The molecule has 1 heterocycles. The molecule has 1 aromatic rings. The van der Waals surface area contributed by atoms with Crippen molar-refractivity contribution in [1.29, 1.82) is 0 Å². The highest BCUT2D eigenvalue weighted by molar-refractivity contribution is 5.34. The zero-order chi connectivity index (χ0) is 10.8. The van der Waals surface area contributed by atoms with Crippen molar-refractivity contribution in [1.82, 2.24) is 5.32 Å². The third-order valence-corrected chi connectivity index (χ3v) is 2.92. The Morgan fingerprint density at radius 1 is 1.40 bits per heavy atom. The second-order valence-corrected chi connectivity index (χ2v) is 3.99. The molecule has 1 N–H and O–H groups in total. The molecule has 2 nitrogen and oxygen atoms in total. The minimum absolute atomic E-state index is 0.0973. The van der Waals surface area contributed by atoms with Crippen molar-refractivity contribution >= 4 is 0 Å². The Hall–Kier alpha value is -0.930. The van der Waals surface area contributed by atoms with Gasteiger partial charge >= 0.3 is 0 Å². The molecule has 15 heavy (non-hydrogen) atoms. The average molecular weight is 209 g/mol. The van der Waals surface area contributed by atoms with Crippen molar-refractivity contribution in [2.45, 2.75) is 19.9 Å². The molecule has 1 saturated heterocycles. The maximum absolute atomic E-state index is 13.7. The van der Waals surface area contributed by atoms with E-state index in [4.69, 9.17) is 4.74 Å². The Bertz CT molecular complexity index is 359. The molecule has 0 saturated carbocycles. The summed E-state index contributed by atoms with van der Waals surface area (Å²) in [6.45, 7) is 5.82. The molecule has 0 aromatic heterocycles. The van der Waals surface area contributed by atoms with Crippen LogP contribution in [0.3, 0.4) is 0 Å². The average Bonchev–Trinajstić information content (AvgIpc) is 2.27. The fraction of sp³-hybridized carbons (Fsp3) is 0.500. The summed E-state index contributed by atoms with van der Waals surface area (Å²) in [6.07, 6.45) is 0. The van der Waals surface area contributed by atoms with E-state index in [1.54, 1.807) is 6.92 Å². The quantitative estimate of drug-likeness (QED) is 0.764. The zero-order valence-electron chi connectivity index (χ0n) is 9.14. The predicted octanol–water partition coefficient (Wildman–Crippen LogP) is 2.10. The van der Waals surface area contributed by atoms with E-state index in [9.17, 15) is 4.39 Å². The van der Waals surface area contributed by atoms with Crippen LogP contribution in [0.1, 0.15) is 22.7 Å². The molecule has 0 amide bonds. The van der Waals surface area contributed by atoms with E-state index < -0.39 is 0 Å². The van der Waals surface area contributed by atoms with Crippen LogP contribution in [-0.2, 0) is 4.74 Å². The Labute approximate surface area is 89.4 Å². The van der Waals surface area contributed by atoms with E-state index in [1.807, 2.05) is 19.1 Å². The Morgan fingerprint density at radius 3 is 2.87 bits per heavy atom. The number of halogens is 1. The lowest BCUT2D eigenvalue weighted by Crippen LogP contribution is -2.35. The van der Waals surface area contributed by atoms with Crippen molar-refractivity contribution in [3.63, 3.8) is 0 Å². The Morgan fingerprint density at radius 2 is 2.20 bits per heavy atom. The van der Waals surface area contributed by atoms with Crippen LogP contribution in [0.4, 0.5) is 4.39 Å². The SMILES string of the molecule is Cc1ccc(C2COCCN2)c(C)c1F. The minimum Gasteiger partial charge on any atom is -0.378 e. The minimum atomic E-state index is -0.0973. The molecular formula is C12H16FNO. The van der Waals surface area contributed by atoms with Crippen molar-refractivity contribution in [2.75, 3.05) is 19.8 Å². The number of hydrogen-bond acceptors (Lipinski definition) is 2. The monoisotopic (exact) mass is 209 g/mol. The van der Waals surface area contributed by atoms with Crippen molar-refractivity contribution in [2.24, 2.45) is 0 Å². The van der Waals surface area contributed by atoms with Crippen LogP contribution in [-0.4, -0.2) is 19.8 Å². The molecule has 0 radical (unpaired) electrons. The highest BCUT2D eigenvalue weighted by Gasteiger charge is 2.18. The summed E-state index contributed by atoms with van der Waals surface area (Å²) in [6, 6.07) is 3.95. The fourth-order valence-corrected chi connectivity index (χ4v) is 1.98. The van der Waals surface area contributed by atoms with Gasteiger partial charge in [-0.05, 0) is 30.5 Å². The van der Waals surface area contributed by atoms with Crippen LogP contribution in [0.5, 0.6) is 0 Å². The van der Waals surface area contributed by atoms with Crippen LogP contribution < -0.4 is 5.32 Å². The van der Waals surface area contributed by atoms with Gasteiger partial charge in [0.1, 0.15) is 5.82 Å². The molecule has 1 aliphatic heterocycles. The molecule has 82 valence electrons. The lowest BCUT2D eigenvalue weighted by molar-refractivity contribution is 0.0766. The second kappa shape index (κ2) is 4.29. The molecule has 3 heteroatoms. The number of aryl methyl sites for hydroxylation is 1. The number of rotatable bonds is 1. The van der Waals surface area contributed by atoms with Crippen LogP contribution in [0.25, 0.3) is 0 Å². The predicted molar refractivity (Wildman–Crippen MR) is 57.4 cm³/mol. The van der Waals surface area contributed by atoms with E-state index in [0.29, 0.717) is 12.2 Å². The summed E-state index contributed by atoms with van der Waals surface area (Å²) >= 11 is 0. The van der Waals surface area contributed by atoms with Crippen LogP contribution in [0.15, 0.2) is 12.1 Å². The van der Waals surface area contributed by atoms with E-state index in [2.05, 4.69) is 5.32 Å². The number of ether oxygens (including phenoxy) is 1. The van der Waals surface area contributed by atoms with E-state index in [1.165, 1.54) is 0 Å². The van der Waals surface area contributed by atoms with Crippen molar-refractivity contribution < 1.29 is 9.13 Å². The molecule has 1 fully saturated rings. The van der Waals surface area contributed by atoms with Gasteiger partial charge in [0.15, 0.2) is 0 Å². The highest BCUT2D eigenvalue weighted by atomic mass is 19.1. The van der Waals surface area contributed by atoms with Crippen molar-refractivity contribution in [3.8, 4) is 0 Å². The van der Waals surface area contributed by atoms with Gasteiger partial charge in [0.2, 0.25) is 0 Å². The van der Waals surface area contributed by atoms with Gasteiger partial charge < -0.3 is 10.1 Å². The molecule has 0 aliphatic carbocycles. The standard InChI is InChI=1S/C12H16FNO/c1-8-3-4-10(9(2)12(8)13)11-7-15-6-5-14-11/h3-4,11,14H,5-7H2,1-2H3. The lowest BCUT2D eigenvalue weighted by atomic mass is 9.98. The summed E-state index contributed by atoms with van der Waals surface area (Å²) in [7, 11) is 0. The molecular weight excluding hydrogens is 193 g/mol. The summed E-state index contributed by atoms with van der Waals surface area (Å²) in [5.41, 5.74) is 2.45. The van der Waals surface area contributed by atoms with Crippen LogP contribution in [0, 0.1) is 19.7 Å². The lowest BCUT2D eigenvalue weighted by Gasteiger charge is -2.25. The third kappa shape index (κ3) is 2.03. The molecule has 1 atom stereocenters. The van der Waals surface area contributed by atoms with E-state index in [0.717, 1.165) is 24.3 Å². The second-order valence-electron chi connectivity index (χ2n) is 3.99. The van der Waals surface area contributed by atoms with Gasteiger partial charge in [-0.15, -0.1) is 0 Å². The topological polar surface area (TPSA) is 21.3 Å². The molecule has 0 bridgehead atoms. The summed E-state index contributed by atoms with van der Waals surface area (Å²) < 4.78 is 19.1. The van der Waals surface area contributed by atoms with Crippen molar-refractivity contribution in [3.05, 3.63) is 34.6 Å². The summed E-state index contributed by atoms with van der Waals surface area (Å²) in [5, 5.41) is 3.33. The van der Waals surface area contributed by atoms with Gasteiger partial charge in [0, 0.05) is 6.54 Å². The number of morpholine rings is 1. The molecule has 1 aromatic carbocycles. The zero-order valence-corrected chi connectivity index (χ0v) is 9.14. The van der Waals surface area contributed by atoms with Crippen LogP contribution in [0.2, 0.25) is 0 Å². The maximum atomic E-state index is 13.7. The normalized spacial score (nSPS) is 21.7. The maximum Gasteiger partial charge on any atom is 0.129 e. The number of benzene rings is 1. The summed E-state index contributed by atoms with van der Waals surface area (Å²) in [4.78, 5) is 0. The molecule has 0 spiro atoms. The number of nitrogens with one attached hydrogen (secondary N) is 1. The van der Waals surface area contributed by atoms with Crippen LogP contribution >= 0.6 is 0 Å². The van der Waals surface area contributed by atoms with Gasteiger partial charge in [-0.1, -0.05) is 12.1 Å². The van der Waals surface area contributed by atoms with E-state index >= 15 is 0 Å². The first kappa shape index (κ1) is 10.6. The Kier molecular flexibility index (Phi) is 3.03. The first-order valence-corrected chi connectivity index (χ1v) is 5.27. The first-order chi connectivity index (χ1) is 7.20. The molecule has 1 unspecified atom stereocenters. The smallest absolute Gasteiger partial charge is 0.129 e. The largest absolute Gasteiger partial charge is 0.378 e.